The minimum Gasteiger partial charge on any atom is -0.467 e. The molecule has 0 spiro atoms. The van der Waals surface area contributed by atoms with Crippen LogP contribution in [-0.4, -0.2) is 54.7 Å². The predicted octanol–water partition coefficient (Wildman–Crippen LogP) is 3.07. The van der Waals surface area contributed by atoms with Crippen LogP contribution in [0.3, 0.4) is 0 Å². The van der Waals surface area contributed by atoms with Gasteiger partial charge in [-0.3, -0.25) is 9.13 Å². The Morgan fingerprint density at radius 1 is 1.25 bits per heavy atom. The Balaban J connectivity index is 1.54. The van der Waals surface area contributed by atoms with E-state index >= 15 is 0 Å². The van der Waals surface area contributed by atoms with Crippen molar-refractivity contribution >= 4 is 39.1 Å². The van der Waals surface area contributed by atoms with Gasteiger partial charge >= 0.3 is 11.7 Å². The molecule has 0 amide bonds. The number of benzene rings is 2. The Labute approximate surface area is 208 Å². The lowest BCUT2D eigenvalue weighted by Gasteiger charge is -2.26. The summed E-state index contributed by atoms with van der Waals surface area (Å²) in [6.07, 6.45) is 4.89. The van der Waals surface area contributed by atoms with Gasteiger partial charge in [-0.2, -0.15) is 13.5 Å². The molecule has 1 aromatic heterocycles. The Morgan fingerprint density at radius 3 is 2.67 bits per heavy atom. The van der Waals surface area contributed by atoms with Gasteiger partial charge < -0.3 is 4.74 Å². The summed E-state index contributed by atoms with van der Waals surface area (Å²) in [6, 6.07) is 11.5. The highest BCUT2D eigenvalue weighted by Crippen LogP contribution is 2.34. The van der Waals surface area contributed by atoms with E-state index in [0.717, 1.165) is 30.3 Å². The molecule has 0 saturated heterocycles. The maximum Gasteiger partial charge on any atom is 0.330 e. The second-order valence-corrected chi connectivity index (χ2v) is 10.5. The molecular formula is C25H27N5O5S. The summed E-state index contributed by atoms with van der Waals surface area (Å²) in [7, 11) is -0.794. The first-order chi connectivity index (χ1) is 17.3. The van der Waals surface area contributed by atoms with Crippen LogP contribution in [-0.2, 0) is 19.6 Å². The number of methoxy groups -OCH3 is 1. The lowest BCUT2D eigenvalue weighted by Crippen LogP contribution is -2.34. The number of carbonyl (C=O) groups is 1. The SMILES string of the molecule is CCC(C(=O)OC)n1c(=O)n(C2CCC2)c2cc(/C=N/N(C)C3=NS(=O)(=O)c4ccccc43)ccc21. The van der Waals surface area contributed by atoms with Crippen LogP contribution in [0.4, 0.5) is 0 Å². The van der Waals surface area contributed by atoms with Crippen LogP contribution in [0.5, 0.6) is 0 Å². The zero-order valence-electron chi connectivity index (χ0n) is 20.3. The zero-order chi connectivity index (χ0) is 25.6. The highest BCUT2D eigenvalue weighted by Gasteiger charge is 2.31. The van der Waals surface area contributed by atoms with Crippen molar-refractivity contribution in [3.8, 4) is 0 Å². The van der Waals surface area contributed by atoms with Crippen molar-refractivity contribution in [3.63, 3.8) is 0 Å². The Kier molecular flexibility index (Phi) is 6.03. The fraction of sp³-hybridized carbons (Fsp3) is 0.360. The molecular weight excluding hydrogens is 482 g/mol. The number of nitrogens with zero attached hydrogens (tertiary/aromatic N) is 5. The van der Waals surface area contributed by atoms with E-state index < -0.39 is 22.0 Å². The summed E-state index contributed by atoms with van der Waals surface area (Å²) in [4.78, 5) is 26.1. The largest absolute Gasteiger partial charge is 0.467 e. The van der Waals surface area contributed by atoms with Crippen molar-refractivity contribution < 1.29 is 17.9 Å². The van der Waals surface area contributed by atoms with Crippen molar-refractivity contribution in [1.82, 2.24) is 14.1 Å². The molecule has 3 aromatic rings. The number of hydrogen-bond donors (Lipinski definition) is 0. The number of sulfonamides is 1. The highest BCUT2D eigenvalue weighted by molar-refractivity contribution is 7.90. The molecule has 2 aliphatic rings. The average Bonchev–Trinajstić information content (AvgIpc) is 3.28. The van der Waals surface area contributed by atoms with Crippen LogP contribution in [0.2, 0.25) is 0 Å². The molecule has 2 aromatic carbocycles. The monoisotopic (exact) mass is 509 g/mol. The molecule has 1 aliphatic carbocycles. The van der Waals surface area contributed by atoms with Gasteiger partial charge in [-0.25, -0.2) is 14.6 Å². The molecule has 1 saturated carbocycles. The van der Waals surface area contributed by atoms with Gasteiger partial charge in [-0.05, 0) is 55.5 Å². The summed E-state index contributed by atoms with van der Waals surface area (Å²) < 4.78 is 36.9. The number of fused-ring (bicyclic) bond motifs is 2. The fourth-order valence-electron chi connectivity index (χ4n) is 4.76. The minimum atomic E-state index is -3.75. The Bertz CT molecular complexity index is 1580. The maximum atomic E-state index is 13.5. The van der Waals surface area contributed by atoms with E-state index in [9.17, 15) is 18.0 Å². The van der Waals surface area contributed by atoms with Crippen LogP contribution >= 0.6 is 0 Å². The van der Waals surface area contributed by atoms with Gasteiger partial charge in [0.1, 0.15) is 10.9 Å². The topological polar surface area (TPSA) is 115 Å². The quantitative estimate of drug-likeness (QED) is 0.287. The summed E-state index contributed by atoms with van der Waals surface area (Å²) in [5.74, 6) is -0.212. The van der Waals surface area contributed by atoms with Gasteiger partial charge in [0.25, 0.3) is 10.0 Å². The van der Waals surface area contributed by atoms with Crippen molar-refractivity contribution in [3.05, 3.63) is 64.1 Å². The molecule has 0 radical (unpaired) electrons. The fourth-order valence-corrected chi connectivity index (χ4v) is 5.99. The minimum absolute atomic E-state index is 0.0841. The van der Waals surface area contributed by atoms with Crippen molar-refractivity contribution in [2.75, 3.05) is 14.2 Å². The molecule has 0 N–H and O–H groups in total. The predicted molar refractivity (Wildman–Crippen MR) is 136 cm³/mol. The van der Waals surface area contributed by atoms with Gasteiger partial charge in [0, 0.05) is 18.7 Å². The molecule has 10 nitrogen and oxygen atoms in total. The van der Waals surface area contributed by atoms with Crippen molar-refractivity contribution in [2.45, 2.75) is 49.6 Å². The molecule has 1 atom stereocenters. The van der Waals surface area contributed by atoms with Crippen LogP contribution < -0.4 is 5.69 Å². The first-order valence-corrected chi connectivity index (χ1v) is 13.3. The van der Waals surface area contributed by atoms with Gasteiger partial charge in [0.2, 0.25) is 0 Å². The van der Waals surface area contributed by atoms with Crippen LogP contribution in [0.25, 0.3) is 11.0 Å². The molecule has 36 heavy (non-hydrogen) atoms. The summed E-state index contributed by atoms with van der Waals surface area (Å²) >= 11 is 0. The average molecular weight is 510 g/mol. The molecule has 1 fully saturated rings. The summed E-state index contributed by atoms with van der Waals surface area (Å²) in [6.45, 7) is 1.85. The highest BCUT2D eigenvalue weighted by atomic mass is 32.2. The van der Waals surface area contributed by atoms with E-state index in [1.807, 2.05) is 25.1 Å². The molecule has 188 valence electrons. The number of esters is 1. The van der Waals surface area contributed by atoms with Gasteiger partial charge in [-0.15, -0.1) is 4.40 Å². The molecule has 1 aliphatic heterocycles. The van der Waals surface area contributed by atoms with Crippen molar-refractivity contribution in [1.29, 1.82) is 0 Å². The lowest BCUT2D eigenvalue weighted by molar-refractivity contribution is -0.144. The number of imidazole rings is 1. The Morgan fingerprint density at radius 2 is 2.00 bits per heavy atom. The van der Waals surface area contributed by atoms with Gasteiger partial charge in [-0.1, -0.05) is 25.1 Å². The van der Waals surface area contributed by atoms with E-state index in [2.05, 4.69) is 9.50 Å². The zero-order valence-corrected chi connectivity index (χ0v) is 21.1. The lowest BCUT2D eigenvalue weighted by atomic mass is 9.93. The third-order valence-electron chi connectivity index (χ3n) is 6.84. The smallest absolute Gasteiger partial charge is 0.330 e. The third-order valence-corrected chi connectivity index (χ3v) is 8.17. The number of aromatic nitrogens is 2. The third kappa shape index (κ3) is 3.83. The summed E-state index contributed by atoms with van der Waals surface area (Å²) in [5, 5.41) is 5.84. The normalized spacial score (nSPS) is 17.6. The number of rotatable bonds is 6. The maximum absolute atomic E-state index is 13.5. The second-order valence-electron chi connectivity index (χ2n) is 8.96. The van der Waals surface area contributed by atoms with Gasteiger partial charge in [0.15, 0.2) is 5.84 Å². The number of carbonyl (C=O) groups excluding carboxylic acids is 1. The van der Waals surface area contributed by atoms with E-state index in [0.29, 0.717) is 17.5 Å². The number of ether oxygens (including phenoxy) is 1. The van der Waals surface area contributed by atoms with E-state index in [1.54, 1.807) is 36.0 Å². The molecule has 11 heteroatoms. The van der Waals surface area contributed by atoms with Crippen LogP contribution in [0.1, 0.15) is 55.8 Å². The van der Waals surface area contributed by atoms with Crippen LogP contribution in [0.15, 0.2) is 61.7 Å². The molecule has 1 unspecified atom stereocenters. The standard InChI is InChI=1S/C25H27N5O5S/c1-4-19(24(31)35-3)30-20-13-12-16(14-21(20)29(25(30)32)17-8-7-9-17)15-26-28(2)23-18-10-5-6-11-22(18)36(33,34)27-23/h5-6,10-15,17,19H,4,7-9H2,1-3H3/b26-15+. The van der Waals surface area contributed by atoms with E-state index in [-0.39, 0.29) is 22.5 Å². The number of hydrogen-bond acceptors (Lipinski definition) is 7. The van der Waals surface area contributed by atoms with Gasteiger partial charge in [0.05, 0.1) is 24.4 Å². The molecule has 5 rings (SSSR count). The van der Waals surface area contributed by atoms with Crippen molar-refractivity contribution in [2.24, 2.45) is 9.50 Å². The first-order valence-electron chi connectivity index (χ1n) is 11.8. The van der Waals surface area contributed by atoms with E-state index in [4.69, 9.17) is 4.74 Å². The van der Waals surface area contributed by atoms with E-state index in [1.165, 1.54) is 22.8 Å². The Hall–Kier alpha value is -3.73. The molecule has 0 bridgehead atoms. The van der Waals surface area contributed by atoms with Crippen LogP contribution in [0, 0.1) is 0 Å². The number of amidine groups is 1. The first kappa shape index (κ1) is 24.0. The second kappa shape index (κ2) is 9.05. The summed E-state index contributed by atoms with van der Waals surface area (Å²) in [5.41, 5.74) is 2.39. The molecule has 2 heterocycles. The number of hydrazone groups is 1.